The zero-order chi connectivity index (χ0) is 31.4. The second-order valence-electron chi connectivity index (χ2n) is 9.50. The SMILES string of the molecule is CCc1ncc(I)cc1C.CNc1ccc(C)cc1N.Cc1ccc2c(c1)nc(-c1ncc(I)cc1C)n2C.O=C=O. The van der Waals surface area contributed by atoms with E-state index in [1.165, 1.54) is 26.0 Å². The van der Waals surface area contributed by atoms with Crippen LogP contribution in [0.3, 0.4) is 0 Å². The van der Waals surface area contributed by atoms with Crippen molar-refractivity contribution in [3.63, 3.8) is 0 Å². The fourth-order valence-corrected chi connectivity index (χ4v) is 5.36. The number of nitrogen functional groups attached to an aromatic ring is 1. The maximum Gasteiger partial charge on any atom is 0.373 e. The fraction of sp³-hybridized carbons (Fsp3) is 0.250. The quantitative estimate of drug-likeness (QED) is 0.144. The molecule has 0 aliphatic carbocycles. The van der Waals surface area contributed by atoms with Crippen LogP contribution in [0.15, 0.2) is 60.9 Å². The van der Waals surface area contributed by atoms with Gasteiger partial charge in [-0.3, -0.25) is 9.97 Å². The van der Waals surface area contributed by atoms with Crippen molar-refractivity contribution in [1.82, 2.24) is 19.5 Å². The molecule has 0 spiro atoms. The van der Waals surface area contributed by atoms with Gasteiger partial charge in [0.1, 0.15) is 5.69 Å². The third kappa shape index (κ3) is 9.88. The van der Waals surface area contributed by atoms with Crippen molar-refractivity contribution in [3.8, 4) is 11.5 Å². The van der Waals surface area contributed by atoms with Gasteiger partial charge in [0.2, 0.25) is 0 Å². The van der Waals surface area contributed by atoms with Crippen molar-refractivity contribution in [1.29, 1.82) is 0 Å². The first-order valence-corrected chi connectivity index (χ1v) is 15.3. The Morgan fingerprint density at radius 1 is 0.881 bits per heavy atom. The van der Waals surface area contributed by atoms with Crippen molar-refractivity contribution in [2.45, 2.75) is 41.0 Å². The van der Waals surface area contributed by atoms with Gasteiger partial charge >= 0.3 is 6.15 Å². The van der Waals surface area contributed by atoms with E-state index in [0.29, 0.717) is 0 Å². The molecule has 3 heterocycles. The number of hydrogen-bond acceptors (Lipinski definition) is 7. The molecule has 0 radical (unpaired) electrons. The molecule has 0 atom stereocenters. The summed E-state index contributed by atoms with van der Waals surface area (Å²) in [4.78, 5) is 29.8. The van der Waals surface area contributed by atoms with Gasteiger partial charge in [0.25, 0.3) is 0 Å². The topological polar surface area (TPSA) is 116 Å². The summed E-state index contributed by atoms with van der Waals surface area (Å²) < 4.78 is 4.47. The molecule has 220 valence electrons. The number of nitrogens with two attached hydrogens (primary N) is 1. The molecule has 10 heteroatoms. The van der Waals surface area contributed by atoms with Crippen molar-refractivity contribution in [3.05, 3.63) is 96.0 Å². The summed E-state index contributed by atoms with van der Waals surface area (Å²) in [7, 11) is 3.90. The summed E-state index contributed by atoms with van der Waals surface area (Å²) in [6.45, 7) is 10.4. The van der Waals surface area contributed by atoms with Crippen LogP contribution in [-0.4, -0.2) is 32.7 Å². The molecule has 3 aromatic heterocycles. The van der Waals surface area contributed by atoms with Crippen LogP contribution in [0.4, 0.5) is 11.4 Å². The monoisotopic (exact) mass is 790 g/mol. The third-order valence-electron chi connectivity index (χ3n) is 6.26. The molecular formula is C32H36I2N6O2. The smallest absolute Gasteiger partial charge is 0.373 e. The summed E-state index contributed by atoms with van der Waals surface area (Å²) in [6, 6.07) is 16.6. The standard InChI is InChI=1S/C15H14IN3.C8H10IN.C8H12N2.CO2/c1-9-4-5-13-12(6-9)18-15(19(13)3)14-10(2)7-11(16)8-17-14;1-3-8-6(2)4-7(9)5-10-8;1-6-3-4-8(10-2)7(9)5-6;2-1-3/h4-8H,1-3H3;4-5H,3H2,1-2H3;3-5,10H,9H2,1-2H3;. The van der Waals surface area contributed by atoms with Gasteiger partial charge in [-0.2, -0.15) is 9.59 Å². The van der Waals surface area contributed by atoms with Crippen LogP contribution in [0.1, 0.15) is 34.9 Å². The molecule has 8 nitrogen and oxygen atoms in total. The number of nitrogens with one attached hydrogen (secondary N) is 1. The number of aryl methyl sites for hydroxylation is 6. The third-order valence-corrected chi connectivity index (χ3v) is 7.44. The van der Waals surface area contributed by atoms with Crippen LogP contribution in [0.25, 0.3) is 22.6 Å². The van der Waals surface area contributed by atoms with Crippen molar-refractivity contribution >= 4 is 73.7 Å². The molecule has 0 aliphatic heterocycles. The molecule has 0 amide bonds. The Morgan fingerprint density at radius 2 is 1.45 bits per heavy atom. The van der Waals surface area contributed by atoms with E-state index >= 15 is 0 Å². The molecule has 5 aromatic rings. The van der Waals surface area contributed by atoms with E-state index < -0.39 is 0 Å². The van der Waals surface area contributed by atoms with Crippen molar-refractivity contribution in [2.24, 2.45) is 7.05 Å². The molecule has 0 unspecified atom stereocenters. The van der Waals surface area contributed by atoms with E-state index in [0.717, 1.165) is 49.5 Å². The predicted octanol–water partition coefficient (Wildman–Crippen LogP) is 7.45. The Hall–Kier alpha value is -3.35. The van der Waals surface area contributed by atoms with Crippen molar-refractivity contribution in [2.75, 3.05) is 18.1 Å². The Morgan fingerprint density at radius 3 is 2.00 bits per heavy atom. The lowest BCUT2D eigenvalue weighted by molar-refractivity contribution is -0.191. The Kier molecular flexibility index (Phi) is 14.1. The Bertz CT molecular complexity index is 1630. The van der Waals surface area contributed by atoms with E-state index in [1.807, 2.05) is 51.6 Å². The van der Waals surface area contributed by atoms with Gasteiger partial charge in [0.15, 0.2) is 5.82 Å². The molecule has 0 aliphatic rings. The minimum absolute atomic E-state index is 0.250. The van der Waals surface area contributed by atoms with E-state index in [9.17, 15) is 0 Å². The highest BCUT2D eigenvalue weighted by molar-refractivity contribution is 14.1. The maximum atomic E-state index is 8.12. The number of anilines is 2. The Labute approximate surface area is 274 Å². The Balaban J connectivity index is 0.000000228. The number of halogens is 2. The van der Waals surface area contributed by atoms with E-state index in [2.05, 4.69) is 123 Å². The van der Waals surface area contributed by atoms with E-state index in [1.54, 1.807) is 0 Å². The van der Waals surface area contributed by atoms with Gasteiger partial charge < -0.3 is 15.6 Å². The average Bonchev–Trinajstić information content (AvgIpc) is 3.25. The van der Waals surface area contributed by atoms with Gasteiger partial charge in [-0.15, -0.1) is 0 Å². The molecule has 0 saturated heterocycles. The largest absolute Gasteiger partial charge is 0.397 e. The zero-order valence-electron chi connectivity index (χ0n) is 24.9. The first-order chi connectivity index (χ1) is 19.9. The van der Waals surface area contributed by atoms with Gasteiger partial charge in [-0.05, 0) is 138 Å². The lowest BCUT2D eigenvalue weighted by Crippen LogP contribution is -1.97. The normalized spacial score (nSPS) is 9.83. The first-order valence-electron chi connectivity index (χ1n) is 13.1. The fourth-order valence-electron chi connectivity index (χ4n) is 4.14. The maximum absolute atomic E-state index is 8.12. The summed E-state index contributed by atoms with van der Waals surface area (Å²) in [6.07, 6.45) is 5.07. The molecule has 3 N–H and O–H groups in total. The summed E-state index contributed by atoms with van der Waals surface area (Å²) in [5.41, 5.74) is 16.7. The summed E-state index contributed by atoms with van der Waals surface area (Å²) in [5, 5.41) is 3.00. The molecule has 42 heavy (non-hydrogen) atoms. The van der Waals surface area contributed by atoms with Crippen LogP contribution < -0.4 is 11.1 Å². The number of rotatable bonds is 3. The molecule has 5 rings (SSSR count). The van der Waals surface area contributed by atoms with E-state index in [-0.39, 0.29) is 6.15 Å². The number of benzene rings is 2. The molecule has 0 bridgehead atoms. The number of nitrogens with zero attached hydrogens (tertiary/aromatic N) is 4. The van der Waals surface area contributed by atoms with Gasteiger partial charge in [-0.1, -0.05) is 19.1 Å². The van der Waals surface area contributed by atoms with Crippen LogP contribution >= 0.6 is 45.2 Å². The number of imidazole rings is 1. The van der Waals surface area contributed by atoms with Gasteiger partial charge in [-0.25, -0.2) is 4.98 Å². The predicted molar refractivity (Wildman–Crippen MR) is 187 cm³/mol. The molecule has 2 aromatic carbocycles. The summed E-state index contributed by atoms with van der Waals surface area (Å²) in [5.74, 6) is 0.925. The highest BCUT2D eigenvalue weighted by Gasteiger charge is 2.13. The van der Waals surface area contributed by atoms with Gasteiger partial charge in [0, 0.05) is 39.3 Å². The summed E-state index contributed by atoms with van der Waals surface area (Å²) >= 11 is 4.56. The molecule has 0 fully saturated rings. The number of fused-ring (bicyclic) bond motifs is 1. The highest BCUT2D eigenvalue weighted by atomic mass is 127. The minimum atomic E-state index is 0.250. The first kappa shape index (κ1) is 34.8. The second kappa shape index (κ2) is 16.9. The van der Waals surface area contributed by atoms with Crippen LogP contribution in [0.2, 0.25) is 0 Å². The molecule has 0 saturated carbocycles. The number of aromatic nitrogens is 4. The average molecular weight is 790 g/mol. The second-order valence-corrected chi connectivity index (χ2v) is 12.0. The number of carbonyl (C=O) groups excluding carboxylic acids is 2. The minimum Gasteiger partial charge on any atom is -0.397 e. The van der Waals surface area contributed by atoms with Crippen LogP contribution in [0.5, 0.6) is 0 Å². The van der Waals surface area contributed by atoms with E-state index in [4.69, 9.17) is 20.3 Å². The number of hydrogen-bond donors (Lipinski definition) is 2. The van der Waals surface area contributed by atoms with Crippen LogP contribution in [0, 0.1) is 34.8 Å². The zero-order valence-corrected chi connectivity index (χ0v) is 29.2. The van der Waals surface area contributed by atoms with Gasteiger partial charge in [0.05, 0.1) is 22.4 Å². The highest BCUT2D eigenvalue weighted by Crippen LogP contribution is 2.26. The van der Waals surface area contributed by atoms with Crippen molar-refractivity contribution < 1.29 is 9.59 Å². The molecular weight excluding hydrogens is 754 g/mol. The van der Waals surface area contributed by atoms with Crippen LogP contribution in [-0.2, 0) is 23.1 Å². The number of pyridine rings is 2. The lowest BCUT2D eigenvalue weighted by Gasteiger charge is -2.05. The lowest BCUT2D eigenvalue weighted by atomic mass is 10.2.